The highest BCUT2D eigenvalue weighted by atomic mass is 19.4. The van der Waals surface area contributed by atoms with Gasteiger partial charge in [-0.3, -0.25) is 9.69 Å². The van der Waals surface area contributed by atoms with Crippen LogP contribution in [0.4, 0.5) is 13.2 Å². The van der Waals surface area contributed by atoms with E-state index in [4.69, 9.17) is 5.11 Å². The standard InChI is InChI=1S/C10H18F3NO2/c1-4-9(3,8(15)16)6-14(5-2)7-10(11,12)13/h4-7H2,1-3H3,(H,15,16). The third kappa shape index (κ3) is 4.83. The summed E-state index contributed by atoms with van der Waals surface area (Å²) in [5, 5.41) is 8.97. The molecule has 0 saturated heterocycles. The number of carboxylic acids is 1. The maximum atomic E-state index is 12.2. The minimum atomic E-state index is -4.29. The largest absolute Gasteiger partial charge is 0.481 e. The molecule has 0 amide bonds. The van der Waals surface area contributed by atoms with Crippen LogP contribution in [0.3, 0.4) is 0 Å². The summed E-state index contributed by atoms with van der Waals surface area (Å²) in [7, 11) is 0. The molecule has 0 heterocycles. The highest BCUT2D eigenvalue weighted by molar-refractivity contribution is 5.74. The second kappa shape index (κ2) is 5.52. The lowest BCUT2D eigenvalue weighted by atomic mass is 9.87. The van der Waals surface area contributed by atoms with E-state index < -0.39 is 24.1 Å². The van der Waals surface area contributed by atoms with E-state index >= 15 is 0 Å². The van der Waals surface area contributed by atoms with Gasteiger partial charge in [0.2, 0.25) is 0 Å². The minimum Gasteiger partial charge on any atom is -0.481 e. The number of alkyl halides is 3. The number of hydrogen-bond acceptors (Lipinski definition) is 2. The number of aliphatic carboxylic acids is 1. The molecule has 0 aromatic heterocycles. The highest BCUT2D eigenvalue weighted by Crippen LogP contribution is 2.25. The van der Waals surface area contributed by atoms with Crippen LogP contribution >= 0.6 is 0 Å². The van der Waals surface area contributed by atoms with Gasteiger partial charge in [0.25, 0.3) is 0 Å². The fraction of sp³-hybridized carbons (Fsp3) is 0.900. The molecule has 0 aromatic carbocycles. The van der Waals surface area contributed by atoms with E-state index in [0.717, 1.165) is 4.90 Å². The SMILES string of the molecule is CCN(CC(F)(F)F)CC(C)(CC)C(=O)O. The lowest BCUT2D eigenvalue weighted by Gasteiger charge is -2.31. The second-order valence-corrected chi connectivity index (χ2v) is 4.14. The summed E-state index contributed by atoms with van der Waals surface area (Å²) in [6.07, 6.45) is -3.99. The first kappa shape index (κ1) is 15.2. The number of rotatable bonds is 6. The van der Waals surface area contributed by atoms with Crippen LogP contribution in [0, 0.1) is 5.41 Å². The lowest BCUT2D eigenvalue weighted by molar-refractivity contribution is -0.159. The van der Waals surface area contributed by atoms with Crippen molar-refractivity contribution in [2.24, 2.45) is 5.41 Å². The first-order valence-corrected chi connectivity index (χ1v) is 5.17. The van der Waals surface area contributed by atoms with Crippen molar-refractivity contribution >= 4 is 5.97 Å². The van der Waals surface area contributed by atoms with Gasteiger partial charge in [-0.05, 0) is 19.9 Å². The lowest BCUT2D eigenvalue weighted by Crippen LogP contribution is -2.44. The van der Waals surface area contributed by atoms with Crippen molar-refractivity contribution in [3.05, 3.63) is 0 Å². The second-order valence-electron chi connectivity index (χ2n) is 4.14. The van der Waals surface area contributed by atoms with Crippen molar-refractivity contribution < 1.29 is 23.1 Å². The van der Waals surface area contributed by atoms with Crippen LogP contribution in [0.15, 0.2) is 0 Å². The van der Waals surface area contributed by atoms with Crippen LogP contribution in [-0.4, -0.2) is 41.8 Å². The quantitative estimate of drug-likeness (QED) is 0.776. The maximum Gasteiger partial charge on any atom is 0.401 e. The summed E-state index contributed by atoms with van der Waals surface area (Å²) < 4.78 is 36.6. The van der Waals surface area contributed by atoms with E-state index in [2.05, 4.69) is 0 Å². The number of hydrogen-bond donors (Lipinski definition) is 1. The fourth-order valence-corrected chi connectivity index (χ4v) is 1.36. The first-order chi connectivity index (χ1) is 7.14. The molecule has 6 heteroatoms. The Bertz CT molecular complexity index is 243. The van der Waals surface area contributed by atoms with Crippen LogP contribution < -0.4 is 0 Å². The molecule has 16 heavy (non-hydrogen) atoms. The van der Waals surface area contributed by atoms with Crippen molar-refractivity contribution in [2.75, 3.05) is 19.6 Å². The topological polar surface area (TPSA) is 40.5 Å². The van der Waals surface area contributed by atoms with Gasteiger partial charge in [0, 0.05) is 6.54 Å². The Kier molecular flexibility index (Phi) is 5.25. The summed E-state index contributed by atoms with van der Waals surface area (Å²) in [6, 6.07) is 0. The third-order valence-electron chi connectivity index (χ3n) is 2.72. The first-order valence-electron chi connectivity index (χ1n) is 5.17. The Hall–Kier alpha value is -0.780. The van der Waals surface area contributed by atoms with Gasteiger partial charge in [-0.25, -0.2) is 0 Å². The molecule has 0 rings (SSSR count). The molecule has 0 aliphatic carbocycles. The zero-order valence-electron chi connectivity index (χ0n) is 9.76. The Morgan fingerprint density at radius 3 is 2.00 bits per heavy atom. The average molecular weight is 241 g/mol. The summed E-state index contributed by atoms with van der Waals surface area (Å²) in [5.74, 6) is -1.06. The van der Waals surface area contributed by atoms with Crippen molar-refractivity contribution in [3.8, 4) is 0 Å². The number of halogens is 3. The Morgan fingerprint density at radius 2 is 1.75 bits per heavy atom. The van der Waals surface area contributed by atoms with Crippen LogP contribution in [0.1, 0.15) is 27.2 Å². The van der Waals surface area contributed by atoms with Gasteiger partial charge in [0.15, 0.2) is 0 Å². The average Bonchev–Trinajstić information content (AvgIpc) is 2.14. The molecule has 0 radical (unpaired) electrons. The van der Waals surface area contributed by atoms with Gasteiger partial charge >= 0.3 is 12.1 Å². The molecule has 3 nitrogen and oxygen atoms in total. The smallest absolute Gasteiger partial charge is 0.401 e. The maximum absolute atomic E-state index is 12.2. The van der Waals surface area contributed by atoms with Crippen molar-refractivity contribution in [1.82, 2.24) is 4.90 Å². The van der Waals surface area contributed by atoms with E-state index in [1.165, 1.54) is 6.92 Å². The zero-order chi connectivity index (χ0) is 13.0. The molecular formula is C10H18F3NO2. The third-order valence-corrected chi connectivity index (χ3v) is 2.72. The molecule has 0 aliphatic rings. The van der Waals surface area contributed by atoms with Gasteiger partial charge in [-0.15, -0.1) is 0 Å². The van der Waals surface area contributed by atoms with E-state index in [-0.39, 0.29) is 13.1 Å². The predicted molar refractivity (Wildman–Crippen MR) is 54.2 cm³/mol. The molecule has 1 N–H and O–H groups in total. The van der Waals surface area contributed by atoms with Gasteiger partial charge in [-0.1, -0.05) is 13.8 Å². The molecule has 0 aromatic rings. The van der Waals surface area contributed by atoms with Crippen LogP contribution in [0.2, 0.25) is 0 Å². The molecule has 0 spiro atoms. The van der Waals surface area contributed by atoms with E-state index in [0.29, 0.717) is 6.42 Å². The molecule has 0 aliphatic heterocycles. The van der Waals surface area contributed by atoms with Crippen LogP contribution in [0.25, 0.3) is 0 Å². The molecule has 1 atom stereocenters. The van der Waals surface area contributed by atoms with Crippen molar-refractivity contribution in [3.63, 3.8) is 0 Å². The minimum absolute atomic E-state index is 0.0884. The van der Waals surface area contributed by atoms with E-state index in [1.807, 2.05) is 0 Å². The zero-order valence-corrected chi connectivity index (χ0v) is 9.76. The highest BCUT2D eigenvalue weighted by Gasteiger charge is 2.37. The monoisotopic (exact) mass is 241 g/mol. The molecule has 96 valence electrons. The summed E-state index contributed by atoms with van der Waals surface area (Å²) in [5.41, 5.74) is -1.12. The van der Waals surface area contributed by atoms with Crippen molar-refractivity contribution in [1.29, 1.82) is 0 Å². The van der Waals surface area contributed by atoms with Gasteiger partial charge in [-0.2, -0.15) is 13.2 Å². The fourth-order valence-electron chi connectivity index (χ4n) is 1.36. The Morgan fingerprint density at radius 1 is 1.25 bits per heavy atom. The summed E-state index contributed by atoms with van der Waals surface area (Å²) >= 11 is 0. The van der Waals surface area contributed by atoms with Gasteiger partial charge < -0.3 is 5.11 Å². The molecule has 0 saturated carbocycles. The summed E-state index contributed by atoms with van der Waals surface area (Å²) in [4.78, 5) is 12.1. The molecule has 0 bridgehead atoms. The van der Waals surface area contributed by atoms with Gasteiger partial charge in [0.05, 0.1) is 12.0 Å². The Balaban J connectivity index is 4.58. The number of carbonyl (C=O) groups is 1. The van der Waals surface area contributed by atoms with E-state index in [9.17, 15) is 18.0 Å². The predicted octanol–water partition coefficient (Wildman–Crippen LogP) is 2.37. The molecule has 1 unspecified atom stereocenters. The molecule has 0 fully saturated rings. The van der Waals surface area contributed by atoms with E-state index in [1.54, 1.807) is 13.8 Å². The number of carboxylic acid groups (broad SMARTS) is 1. The molecular weight excluding hydrogens is 223 g/mol. The van der Waals surface area contributed by atoms with Crippen molar-refractivity contribution in [2.45, 2.75) is 33.4 Å². The normalized spacial score (nSPS) is 16.2. The van der Waals surface area contributed by atoms with Gasteiger partial charge in [0.1, 0.15) is 0 Å². The Labute approximate surface area is 93.2 Å². The summed E-state index contributed by atoms with van der Waals surface area (Å²) in [6.45, 7) is 3.75. The van der Waals surface area contributed by atoms with Crippen LogP contribution in [0.5, 0.6) is 0 Å². The van der Waals surface area contributed by atoms with Crippen LogP contribution in [-0.2, 0) is 4.79 Å². The number of nitrogens with zero attached hydrogens (tertiary/aromatic N) is 1.